The molecule has 0 atom stereocenters. The van der Waals surface area contributed by atoms with Crippen LogP contribution in [-0.2, 0) is 63.0 Å². The fourth-order valence-corrected chi connectivity index (χ4v) is 15.0. The summed E-state index contributed by atoms with van der Waals surface area (Å²) in [7, 11) is 7.28. The summed E-state index contributed by atoms with van der Waals surface area (Å²) < 4.78 is 32.6. The first kappa shape index (κ1) is 70.3. The Balaban J connectivity index is 0.000000747. The molecule has 0 saturated carbocycles. The minimum Gasteiger partial charge on any atom is -0.364 e. The smallest absolute Gasteiger partial charge is 0.143 e. The van der Waals surface area contributed by atoms with Crippen molar-refractivity contribution in [2.24, 2.45) is 0 Å². The standard InChI is InChI=1S/C72H76Br4O4.2C6H6/c1-65(2,3)45-17-25-49(26-18-45)69(77-13)53-33-55(39-61(73)37-53)70(78-14,50-27-19-46(20-28-50)66(4,5)6)57-35-59(43-63(75)41-57)72(80-16,52-31-23-48(24-32-52)68(10,11)12)60-36-58(42-64(76)44-60)71(79-15,56-34-54(69)38-62(74)40-56)51-29-21-47(22-30-51)67(7,8)9;2*1-2-4-6-5-3-1/h17-44H,1-16H3;2*1-6H. The second kappa shape index (κ2) is 28.1. The molecule has 1 aliphatic carbocycles. The van der Waals surface area contributed by atoms with Gasteiger partial charge in [-0.3, -0.25) is 0 Å². The number of benzene rings is 10. The molecule has 11 rings (SSSR count). The second-order valence-electron chi connectivity index (χ2n) is 28.1. The maximum absolute atomic E-state index is 7.30. The number of methoxy groups -OCH3 is 4. The Kier molecular flexibility index (Phi) is 21.5. The van der Waals surface area contributed by atoms with E-state index in [1.807, 2.05) is 101 Å². The van der Waals surface area contributed by atoms with Crippen molar-refractivity contribution in [3.63, 3.8) is 0 Å². The Hall–Kier alpha value is -6.04. The second-order valence-corrected chi connectivity index (χ2v) is 31.7. The predicted octanol–water partition coefficient (Wildman–Crippen LogP) is 23.4. The van der Waals surface area contributed by atoms with Crippen LogP contribution in [0.15, 0.2) is 261 Å². The molecule has 8 heteroatoms. The highest BCUT2D eigenvalue weighted by Crippen LogP contribution is 2.53. The van der Waals surface area contributed by atoms with Crippen LogP contribution < -0.4 is 0 Å². The summed E-state index contributed by atoms with van der Waals surface area (Å²) in [5.74, 6) is 0. The summed E-state index contributed by atoms with van der Waals surface area (Å²) in [6, 6.07) is 86.4. The molecule has 0 unspecified atom stereocenters. The van der Waals surface area contributed by atoms with Crippen LogP contribution in [0.5, 0.6) is 0 Å². The van der Waals surface area contributed by atoms with Crippen LogP contribution in [-0.4, -0.2) is 28.4 Å². The van der Waals surface area contributed by atoms with Gasteiger partial charge >= 0.3 is 0 Å². The monoisotopic (exact) mass is 1480 g/mol. The van der Waals surface area contributed by atoms with E-state index < -0.39 is 22.4 Å². The van der Waals surface area contributed by atoms with Crippen LogP contribution in [0.2, 0.25) is 0 Å². The van der Waals surface area contributed by atoms with Crippen molar-refractivity contribution in [2.45, 2.75) is 127 Å². The van der Waals surface area contributed by atoms with Gasteiger partial charge in [0.05, 0.1) is 0 Å². The average Bonchev–Trinajstić information content (AvgIpc) is 0.718. The Morgan fingerprint density at radius 2 is 0.337 bits per heavy atom. The van der Waals surface area contributed by atoms with E-state index in [4.69, 9.17) is 18.9 Å². The van der Waals surface area contributed by atoms with Gasteiger partial charge < -0.3 is 18.9 Å². The summed E-state index contributed by atoms with van der Waals surface area (Å²) in [5.41, 5.74) is 10.6. The molecular formula is C84H88Br4O4. The topological polar surface area (TPSA) is 36.9 Å². The van der Waals surface area contributed by atoms with Crippen LogP contribution in [0.25, 0.3) is 0 Å². The van der Waals surface area contributed by atoms with E-state index in [0.29, 0.717) is 0 Å². The van der Waals surface area contributed by atoms with Crippen LogP contribution >= 0.6 is 63.7 Å². The number of hydrogen-bond donors (Lipinski definition) is 0. The molecule has 0 aliphatic heterocycles. The van der Waals surface area contributed by atoms with Gasteiger partial charge in [0.15, 0.2) is 0 Å². The van der Waals surface area contributed by atoms with Gasteiger partial charge in [-0.25, -0.2) is 0 Å². The molecule has 0 aromatic heterocycles. The van der Waals surface area contributed by atoms with Gasteiger partial charge in [-0.15, -0.1) is 0 Å². The molecule has 4 nitrogen and oxygen atoms in total. The normalized spacial score (nSPS) is 19.0. The van der Waals surface area contributed by atoms with E-state index in [0.717, 1.165) is 84.7 Å². The lowest BCUT2D eigenvalue weighted by atomic mass is 9.71. The van der Waals surface area contributed by atoms with E-state index in [-0.39, 0.29) is 21.7 Å². The number of hydrogen-bond acceptors (Lipinski definition) is 4. The SMILES string of the molecule is COC1(c2ccc(C(C)(C)C)cc2)c2cc(Br)cc(c2)C(OC)(c2ccc(C(C)(C)C)cc2)c2cc(Br)cc(c2)C(OC)(c2ccc(C(C)(C)C)cc2)c2cc(Br)cc(c2)C(OC)(c2ccc(C(C)(C)C)cc2)c2cc(Br)cc1c2.c1ccccc1.c1ccccc1. The van der Waals surface area contributed by atoms with E-state index in [2.05, 4.69) is 317 Å². The van der Waals surface area contributed by atoms with Crippen LogP contribution in [0.1, 0.15) is 172 Å². The zero-order chi connectivity index (χ0) is 66.7. The Morgan fingerprint density at radius 1 is 0.207 bits per heavy atom. The Morgan fingerprint density at radius 3 is 0.446 bits per heavy atom. The first-order valence-electron chi connectivity index (χ1n) is 31.4. The number of halogens is 4. The van der Waals surface area contributed by atoms with Crippen molar-refractivity contribution in [1.29, 1.82) is 0 Å². The summed E-state index contributed by atoms with van der Waals surface area (Å²) >= 11 is 16.5. The highest BCUT2D eigenvalue weighted by Gasteiger charge is 2.47. The lowest BCUT2D eigenvalue weighted by Crippen LogP contribution is -2.38. The number of fused-ring (bicyclic) bond motifs is 8. The lowest BCUT2D eigenvalue weighted by Gasteiger charge is -2.42. The number of ether oxygens (including phenoxy) is 4. The average molecular weight is 1480 g/mol. The summed E-state index contributed by atoms with van der Waals surface area (Å²) in [6.07, 6.45) is 0. The molecule has 0 fully saturated rings. The van der Waals surface area contributed by atoms with Gasteiger partial charge in [0.2, 0.25) is 0 Å². The summed E-state index contributed by atoms with van der Waals surface area (Å²) in [6.45, 7) is 27.0. The zero-order valence-corrected chi connectivity index (χ0v) is 62.6. The van der Waals surface area contributed by atoms with Crippen molar-refractivity contribution >= 4 is 63.7 Å². The minimum absolute atomic E-state index is 0.0890. The van der Waals surface area contributed by atoms with Crippen LogP contribution in [0, 0.1) is 0 Å². The third kappa shape index (κ3) is 14.2. The largest absolute Gasteiger partial charge is 0.364 e. The molecule has 8 bridgehead atoms. The van der Waals surface area contributed by atoms with Crippen molar-refractivity contribution < 1.29 is 18.9 Å². The van der Waals surface area contributed by atoms with Crippen molar-refractivity contribution in [1.82, 2.24) is 0 Å². The fraction of sp³-hybridized carbons (Fsp3) is 0.286. The maximum Gasteiger partial charge on any atom is 0.143 e. The zero-order valence-electron chi connectivity index (χ0n) is 56.2. The van der Waals surface area contributed by atoms with Gasteiger partial charge in [0.25, 0.3) is 0 Å². The Labute approximate surface area is 583 Å². The van der Waals surface area contributed by atoms with E-state index in [1.165, 1.54) is 22.3 Å². The number of rotatable bonds is 8. The molecule has 0 saturated heterocycles. The third-order valence-electron chi connectivity index (χ3n) is 18.0. The quantitative estimate of drug-likeness (QED) is 0.152. The van der Waals surface area contributed by atoms with Gasteiger partial charge in [0, 0.05) is 46.3 Å². The Bertz CT molecular complexity index is 3450. The molecular weight excluding hydrogens is 1390 g/mol. The van der Waals surface area contributed by atoms with Crippen molar-refractivity contribution in [3.05, 3.63) is 350 Å². The molecule has 476 valence electrons. The summed E-state index contributed by atoms with van der Waals surface area (Å²) in [4.78, 5) is 0. The predicted molar refractivity (Wildman–Crippen MR) is 398 cm³/mol. The van der Waals surface area contributed by atoms with E-state index in [1.54, 1.807) is 0 Å². The molecule has 0 heterocycles. The van der Waals surface area contributed by atoms with Crippen LogP contribution in [0.3, 0.4) is 0 Å². The molecule has 0 spiro atoms. The molecule has 10 aromatic carbocycles. The van der Waals surface area contributed by atoms with Gasteiger partial charge in [0.1, 0.15) is 22.4 Å². The van der Waals surface area contributed by atoms with Gasteiger partial charge in [-0.2, -0.15) is 0 Å². The highest BCUT2D eigenvalue weighted by molar-refractivity contribution is 9.11. The molecule has 1 aliphatic rings. The van der Waals surface area contributed by atoms with E-state index >= 15 is 0 Å². The molecule has 92 heavy (non-hydrogen) atoms. The maximum atomic E-state index is 7.30. The van der Waals surface area contributed by atoms with Crippen LogP contribution in [0.4, 0.5) is 0 Å². The third-order valence-corrected chi connectivity index (χ3v) is 19.9. The highest BCUT2D eigenvalue weighted by atomic mass is 79.9. The molecule has 0 radical (unpaired) electrons. The fourth-order valence-electron chi connectivity index (χ4n) is 13.0. The molecule has 0 N–H and O–H groups in total. The van der Waals surface area contributed by atoms with Crippen molar-refractivity contribution in [3.8, 4) is 0 Å². The van der Waals surface area contributed by atoms with Crippen molar-refractivity contribution in [2.75, 3.05) is 28.4 Å². The first-order chi connectivity index (χ1) is 43.5. The van der Waals surface area contributed by atoms with Gasteiger partial charge in [-0.1, -0.05) is 317 Å². The van der Waals surface area contributed by atoms with E-state index in [9.17, 15) is 0 Å². The van der Waals surface area contributed by atoms with Gasteiger partial charge in [-0.05, 0) is 183 Å². The minimum atomic E-state index is -1.22. The molecule has 0 amide bonds. The first-order valence-corrected chi connectivity index (χ1v) is 34.6. The molecule has 10 aromatic rings. The summed E-state index contributed by atoms with van der Waals surface area (Å²) in [5, 5.41) is 0. The lowest BCUT2D eigenvalue weighted by molar-refractivity contribution is 0.0468.